The van der Waals surface area contributed by atoms with E-state index in [1.165, 1.54) is 4.88 Å². The first-order chi connectivity index (χ1) is 7.66. The van der Waals surface area contributed by atoms with Crippen molar-refractivity contribution in [2.24, 2.45) is 0 Å². The van der Waals surface area contributed by atoms with E-state index in [0.717, 1.165) is 10.6 Å². The molecule has 0 aliphatic rings. The van der Waals surface area contributed by atoms with Crippen molar-refractivity contribution >= 4 is 17.2 Å². The largest absolute Gasteiger partial charge is 0.347 e. The Morgan fingerprint density at radius 1 is 1.50 bits per heavy atom. The minimum Gasteiger partial charge on any atom is -0.347 e. The molecule has 5 heteroatoms. The first-order valence-electron chi connectivity index (χ1n) is 5.00. The first kappa shape index (κ1) is 10.9. The number of aryl methyl sites for hydroxylation is 2. The van der Waals surface area contributed by atoms with Gasteiger partial charge in [0, 0.05) is 15.4 Å². The quantitative estimate of drug-likeness (QED) is 0.855. The van der Waals surface area contributed by atoms with Crippen LogP contribution in [-0.2, 0) is 6.54 Å². The van der Waals surface area contributed by atoms with E-state index in [4.69, 9.17) is 0 Å². The van der Waals surface area contributed by atoms with Gasteiger partial charge in [0.2, 0.25) is 0 Å². The van der Waals surface area contributed by atoms with Gasteiger partial charge in [-0.2, -0.15) is 5.10 Å². The minimum absolute atomic E-state index is 0.0858. The number of hydrogen-bond acceptors (Lipinski definition) is 3. The zero-order chi connectivity index (χ0) is 11.5. The van der Waals surface area contributed by atoms with Gasteiger partial charge in [-0.25, -0.2) is 0 Å². The van der Waals surface area contributed by atoms with Gasteiger partial charge in [0.25, 0.3) is 5.91 Å². The van der Waals surface area contributed by atoms with Crippen LogP contribution in [0.3, 0.4) is 0 Å². The third-order valence-corrected chi connectivity index (χ3v) is 3.29. The number of thiophene rings is 1. The van der Waals surface area contributed by atoms with Crippen molar-refractivity contribution in [2.75, 3.05) is 0 Å². The molecule has 0 spiro atoms. The van der Waals surface area contributed by atoms with Gasteiger partial charge >= 0.3 is 0 Å². The fourth-order valence-corrected chi connectivity index (χ4v) is 2.25. The molecule has 2 aromatic heterocycles. The lowest BCUT2D eigenvalue weighted by molar-refractivity contribution is 0.0951. The van der Waals surface area contributed by atoms with Gasteiger partial charge in [0.1, 0.15) is 0 Å². The van der Waals surface area contributed by atoms with Gasteiger partial charge in [0.15, 0.2) is 0 Å². The molecule has 0 fully saturated rings. The van der Waals surface area contributed by atoms with Gasteiger partial charge in [-0.05, 0) is 26.0 Å². The van der Waals surface area contributed by atoms with Gasteiger partial charge in [-0.1, -0.05) is 0 Å². The van der Waals surface area contributed by atoms with Crippen LogP contribution in [-0.4, -0.2) is 16.1 Å². The summed E-state index contributed by atoms with van der Waals surface area (Å²) < 4.78 is 0. The van der Waals surface area contributed by atoms with Crippen molar-refractivity contribution in [2.45, 2.75) is 20.4 Å². The van der Waals surface area contributed by atoms with E-state index >= 15 is 0 Å². The fraction of sp³-hybridized carbons (Fsp3) is 0.273. The number of amides is 1. The van der Waals surface area contributed by atoms with E-state index in [9.17, 15) is 4.79 Å². The highest BCUT2D eigenvalue weighted by Gasteiger charge is 2.10. The molecule has 0 bridgehead atoms. The molecule has 0 saturated heterocycles. The predicted molar refractivity (Wildman–Crippen MR) is 63.6 cm³/mol. The van der Waals surface area contributed by atoms with E-state index in [-0.39, 0.29) is 5.91 Å². The second kappa shape index (κ2) is 4.49. The zero-order valence-corrected chi connectivity index (χ0v) is 10.0. The average Bonchev–Trinajstić information content (AvgIpc) is 2.84. The highest BCUT2D eigenvalue weighted by Crippen LogP contribution is 2.14. The Kier molecular flexibility index (Phi) is 3.05. The second-order valence-corrected chi connectivity index (χ2v) is 4.98. The molecule has 1 amide bonds. The number of nitrogens with zero attached hydrogens (tertiary/aromatic N) is 1. The van der Waals surface area contributed by atoms with E-state index in [0.29, 0.717) is 12.1 Å². The molecule has 0 atom stereocenters. The maximum Gasteiger partial charge on any atom is 0.255 e. The summed E-state index contributed by atoms with van der Waals surface area (Å²) in [6, 6.07) is 4.08. The number of carbonyl (C=O) groups excluding carboxylic acids is 1. The third-order valence-electron chi connectivity index (χ3n) is 2.29. The molecule has 4 nitrogen and oxygen atoms in total. The molecule has 2 N–H and O–H groups in total. The lowest BCUT2D eigenvalue weighted by Gasteiger charge is -2.01. The number of hydrogen-bond donors (Lipinski definition) is 2. The number of H-pyrrole nitrogens is 1. The van der Waals surface area contributed by atoms with Gasteiger partial charge in [-0.15, -0.1) is 11.3 Å². The zero-order valence-electron chi connectivity index (χ0n) is 9.20. The van der Waals surface area contributed by atoms with Crippen molar-refractivity contribution in [1.29, 1.82) is 0 Å². The highest BCUT2D eigenvalue weighted by atomic mass is 32.1. The minimum atomic E-state index is -0.0858. The summed E-state index contributed by atoms with van der Waals surface area (Å²) in [5.74, 6) is -0.0858. The summed E-state index contributed by atoms with van der Waals surface area (Å²) in [5.41, 5.74) is 1.40. The maximum absolute atomic E-state index is 11.7. The molecule has 2 rings (SSSR count). The number of rotatable bonds is 3. The third kappa shape index (κ3) is 2.30. The summed E-state index contributed by atoms with van der Waals surface area (Å²) in [5, 5.41) is 9.43. The first-order valence-corrected chi connectivity index (χ1v) is 5.82. The molecule has 16 heavy (non-hydrogen) atoms. The van der Waals surface area contributed by atoms with Crippen molar-refractivity contribution < 1.29 is 4.79 Å². The Morgan fingerprint density at radius 2 is 2.31 bits per heavy atom. The Hall–Kier alpha value is -1.62. The molecule has 2 heterocycles. The Balaban J connectivity index is 1.96. The highest BCUT2D eigenvalue weighted by molar-refractivity contribution is 7.11. The predicted octanol–water partition coefficient (Wildman–Crippen LogP) is 2.02. The number of aromatic nitrogens is 2. The van der Waals surface area contributed by atoms with E-state index in [1.807, 2.05) is 13.0 Å². The lowest BCUT2D eigenvalue weighted by atomic mass is 10.2. The van der Waals surface area contributed by atoms with Crippen molar-refractivity contribution in [3.8, 4) is 0 Å². The van der Waals surface area contributed by atoms with E-state index in [2.05, 4.69) is 28.5 Å². The van der Waals surface area contributed by atoms with Crippen LogP contribution in [0, 0.1) is 13.8 Å². The van der Waals surface area contributed by atoms with Crippen LogP contribution in [0.2, 0.25) is 0 Å². The number of aromatic amines is 1. The molecule has 84 valence electrons. The van der Waals surface area contributed by atoms with Crippen molar-refractivity contribution in [3.05, 3.63) is 39.3 Å². The molecular formula is C11H13N3OS. The molecular weight excluding hydrogens is 222 g/mol. The summed E-state index contributed by atoms with van der Waals surface area (Å²) in [6.45, 7) is 4.45. The number of carbonyl (C=O) groups is 1. The molecule has 2 aromatic rings. The standard InChI is InChI=1S/C11H13N3OS/c1-7-3-4-9(16-7)5-12-11(15)10-6-13-14-8(10)2/h3-4,6H,5H2,1-2H3,(H,12,15)(H,13,14). The van der Waals surface area contributed by atoms with Gasteiger partial charge < -0.3 is 5.32 Å². The Labute approximate surface area is 97.7 Å². The van der Waals surface area contributed by atoms with Gasteiger partial charge in [0.05, 0.1) is 18.3 Å². The maximum atomic E-state index is 11.7. The molecule has 0 unspecified atom stereocenters. The summed E-state index contributed by atoms with van der Waals surface area (Å²) in [7, 11) is 0. The van der Waals surface area contributed by atoms with Crippen LogP contribution < -0.4 is 5.32 Å². The van der Waals surface area contributed by atoms with Gasteiger partial charge in [-0.3, -0.25) is 9.89 Å². The van der Waals surface area contributed by atoms with E-state index in [1.54, 1.807) is 17.5 Å². The SMILES string of the molecule is Cc1ccc(CNC(=O)c2cn[nH]c2C)s1. The molecule has 0 radical (unpaired) electrons. The molecule has 0 saturated carbocycles. The second-order valence-electron chi connectivity index (χ2n) is 3.60. The van der Waals surface area contributed by atoms with Crippen LogP contribution in [0.1, 0.15) is 25.8 Å². The smallest absolute Gasteiger partial charge is 0.255 e. The van der Waals surface area contributed by atoms with E-state index < -0.39 is 0 Å². The Morgan fingerprint density at radius 3 is 2.88 bits per heavy atom. The van der Waals surface area contributed by atoms with Crippen LogP contribution in [0.4, 0.5) is 0 Å². The van der Waals surface area contributed by atoms with Crippen molar-refractivity contribution in [1.82, 2.24) is 15.5 Å². The van der Waals surface area contributed by atoms with Crippen LogP contribution >= 0.6 is 11.3 Å². The fourth-order valence-electron chi connectivity index (χ4n) is 1.42. The topological polar surface area (TPSA) is 57.8 Å². The summed E-state index contributed by atoms with van der Waals surface area (Å²) >= 11 is 1.69. The van der Waals surface area contributed by atoms with Crippen LogP contribution in [0.15, 0.2) is 18.3 Å². The Bertz CT molecular complexity index is 501. The van der Waals surface area contributed by atoms with Crippen LogP contribution in [0.25, 0.3) is 0 Å². The average molecular weight is 235 g/mol. The van der Waals surface area contributed by atoms with Crippen molar-refractivity contribution in [3.63, 3.8) is 0 Å². The molecule has 0 aliphatic heterocycles. The molecule has 0 aromatic carbocycles. The number of nitrogens with one attached hydrogen (secondary N) is 2. The normalized spacial score (nSPS) is 10.4. The lowest BCUT2D eigenvalue weighted by Crippen LogP contribution is -2.22. The molecule has 0 aliphatic carbocycles. The van der Waals surface area contributed by atoms with Crippen LogP contribution in [0.5, 0.6) is 0 Å². The monoisotopic (exact) mass is 235 g/mol. The summed E-state index contributed by atoms with van der Waals surface area (Å²) in [4.78, 5) is 14.2. The summed E-state index contributed by atoms with van der Waals surface area (Å²) in [6.07, 6.45) is 1.55.